The minimum Gasteiger partial charge on any atom is -0.383 e. The Balaban J connectivity index is 1.41. The van der Waals surface area contributed by atoms with Crippen molar-refractivity contribution in [1.29, 1.82) is 0 Å². The summed E-state index contributed by atoms with van der Waals surface area (Å²) in [6.07, 6.45) is -0.633. The Morgan fingerprint density at radius 1 is 1.15 bits per heavy atom. The van der Waals surface area contributed by atoms with E-state index in [1.807, 2.05) is 0 Å². The topological polar surface area (TPSA) is 136 Å². The fourth-order valence-corrected chi connectivity index (χ4v) is 6.15. The fourth-order valence-electron chi connectivity index (χ4n) is 4.91. The summed E-state index contributed by atoms with van der Waals surface area (Å²) in [6.45, 7) is 4.39. The zero-order valence-electron chi connectivity index (χ0n) is 21.7. The predicted molar refractivity (Wildman–Crippen MR) is 146 cm³/mol. The normalized spacial score (nSPS) is 16.2. The molecule has 4 aromatic rings. The minimum atomic E-state index is -4.82. The summed E-state index contributed by atoms with van der Waals surface area (Å²) in [5.41, 5.74) is 7.18. The Morgan fingerprint density at radius 2 is 1.88 bits per heavy atom. The molecule has 2 aromatic heterocycles. The fraction of sp³-hybridized carbons (Fsp3) is 0.259. The van der Waals surface area contributed by atoms with E-state index in [0.717, 1.165) is 31.0 Å². The molecule has 3 heterocycles. The summed E-state index contributed by atoms with van der Waals surface area (Å²) < 4.78 is 69.4. The summed E-state index contributed by atoms with van der Waals surface area (Å²) >= 11 is 0. The third-order valence-corrected chi connectivity index (χ3v) is 8.38. The average Bonchev–Trinajstić information content (AvgIpc) is 3.37. The molecule has 1 fully saturated rings. The van der Waals surface area contributed by atoms with E-state index in [-0.39, 0.29) is 24.3 Å². The number of benzene rings is 2. The van der Waals surface area contributed by atoms with Gasteiger partial charge in [0.05, 0.1) is 21.9 Å². The second kappa shape index (κ2) is 10.9. The molecule has 3 N–H and O–H groups in total. The lowest BCUT2D eigenvalue weighted by Gasteiger charge is -2.32. The number of piperidine rings is 1. The summed E-state index contributed by atoms with van der Waals surface area (Å²) in [7, 11) is -4.44. The molecule has 0 spiro atoms. The van der Waals surface area contributed by atoms with Gasteiger partial charge in [0.15, 0.2) is 5.65 Å². The smallest absolute Gasteiger partial charge is 0.383 e. The first-order chi connectivity index (χ1) is 19.5. The zero-order chi connectivity index (χ0) is 29.4. The Hall–Kier alpha value is -4.30. The lowest BCUT2D eigenvalue weighted by Crippen LogP contribution is -2.40. The summed E-state index contributed by atoms with van der Waals surface area (Å²) in [5.74, 6) is 0.0693. The molecule has 1 amide bonds. The van der Waals surface area contributed by atoms with Crippen molar-refractivity contribution < 1.29 is 26.4 Å². The van der Waals surface area contributed by atoms with Gasteiger partial charge in [-0.1, -0.05) is 43.0 Å². The van der Waals surface area contributed by atoms with Crippen LogP contribution in [0.2, 0.25) is 0 Å². The van der Waals surface area contributed by atoms with Gasteiger partial charge in [-0.3, -0.25) is 4.79 Å². The maximum absolute atomic E-state index is 13.3. The van der Waals surface area contributed by atoms with Crippen molar-refractivity contribution in [2.45, 2.75) is 36.5 Å². The Kier molecular flexibility index (Phi) is 7.53. The number of hydrogen-bond donors (Lipinski definition) is 2. The number of rotatable bonds is 7. The largest absolute Gasteiger partial charge is 0.417 e. The van der Waals surface area contributed by atoms with Gasteiger partial charge in [-0.15, -0.1) is 0 Å². The Labute approximate surface area is 233 Å². The Morgan fingerprint density at radius 3 is 2.59 bits per heavy atom. The number of carbonyl (C=O) groups excluding carboxylic acids is 1. The SMILES string of the molecule is C=CC(=O)N1CCCC(n2nc(-c3ccc(CNS(=O)(=O)c4ccccc4C(F)(F)F)cc3)c3c(N)ncnc32)C1. The molecule has 1 aliphatic heterocycles. The first-order valence-electron chi connectivity index (χ1n) is 12.6. The number of alkyl halides is 3. The number of carbonyl (C=O) groups is 1. The van der Waals surface area contributed by atoms with Crippen LogP contribution < -0.4 is 10.5 Å². The van der Waals surface area contributed by atoms with E-state index in [0.29, 0.717) is 40.9 Å². The highest BCUT2D eigenvalue weighted by Crippen LogP contribution is 2.35. The molecule has 214 valence electrons. The number of nitrogens with one attached hydrogen (secondary N) is 1. The van der Waals surface area contributed by atoms with Gasteiger partial charge in [0.1, 0.15) is 17.8 Å². The molecule has 1 unspecified atom stereocenters. The summed E-state index contributed by atoms with van der Waals surface area (Å²) in [4.78, 5) is 21.6. The maximum Gasteiger partial charge on any atom is 0.417 e. The van der Waals surface area contributed by atoms with Crippen LogP contribution in [0, 0.1) is 0 Å². The van der Waals surface area contributed by atoms with Gasteiger partial charge in [-0.05, 0) is 36.6 Å². The standard InChI is InChI=1S/C27H26F3N7O3S/c1-2-22(38)36-13-5-6-19(15-36)37-26-23(25(31)32-16-33-26)24(35-37)18-11-9-17(10-12-18)14-34-41(39,40)21-8-4-3-7-20(21)27(28,29)30/h2-4,7-12,16,19,34H,1,5-6,13-15H2,(H2,31,32,33). The summed E-state index contributed by atoms with van der Waals surface area (Å²) in [5, 5.41) is 5.34. The van der Waals surface area contributed by atoms with E-state index in [1.165, 1.54) is 18.5 Å². The number of nitrogens with zero attached hydrogens (tertiary/aromatic N) is 5. The molecule has 1 aliphatic rings. The van der Waals surface area contributed by atoms with Crippen molar-refractivity contribution in [1.82, 2.24) is 29.4 Å². The second-order valence-corrected chi connectivity index (χ2v) is 11.3. The van der Waals surface area contributed by atoms with Crippen LogP contribution >= 0.6 is 0 Å². The molecule has 0 saturated carbocycles. The first kappa shape index (κ1) is 28.2. The molecular weight excluding hydrogens is 559 g/mol. The Bertz CT molecular complexity index is 1720. The van der Waals surface area contributed by atoms with E-state index >= 15 is 0 Å². The van der Waals surface area contributed by atoms with E-state index in [1.54, 1.807) is 33.8 Å². The number of aromatic nitrogens is 4. The van der Waals surface area contributed by atoms with E-state index < -0.39 is 26.7 Å². The highest BCUT2D eigenvalue weighted by molar-refractivity contribution is 7.89. The van der Waals surface area contributed by atoms with Crippen LogP contribution in [-0.2, 0) is 27.5 Å². The van der Waals surface area contributed by atoms with Crippen LogP contribution in [0.1, 0.15) is 30.0 Å². The molecule has 5 rings (SSSR count). The number of halogens is 3. The first-order valence-corrected chi connectivity index (χ1v) is 14.1. The third kappa shape index (κ3) is 5.65. The number of amides is 1. The molecule has 1 saturated heterocycles. The number of likely N-dealkylation sites (tertiary alicyclic amines) is 1. The molecule has 1 atom stereocenters. The van der Waals surface area contributed by atoms with Crippen LogP contribution in [-0.4, -0.2) is 52.1 Å². The van der Waals surface area contributed by atoms with Crippen molar-refractivity contribution in [3.63, 3.8) is 0 Å². The number of nitrogens with two attached hydrogens (primary N) is 1. The zero-order valence-corrected chi connectivity index (χ0v) is 22.5. The van der Waals surface area contributed by atoms with Crippen molar-refractivity contribution >= 4 is 32.8 Å². The molecule has 0 radical (unpaired) electrons. The van der Waals surface area contributed by atoms with Gasteiger partial charge in [-0.2, -0.15) is 18.3 Å². The number of anilines is 1. The van der Waals surface area contributed by atoms with Crippen molar-refractivity contribution in [3.05, 3.63) is 78.6 Å². The molecule has 2 aromatic carbocycles. The van der Waals surface area contributed by atoms with Gasteiger partial charge < -0.3 is 10.6 Å². The third-order valence-electron chi connectivity index (χ3n) is 6.92. The molecule has 0 aliphatic carbocycles. The van der Waals surface area contributed by atoms with Crippen LogP contribution in [0.25, 0.3) is 22.3 Å². The van der Waals surface area contributed by atoms with E-state index in [2.05, 4.69) is 21.3 Å². The second-order valence-electron chi connectivity index (χ2n) is 9.55. The number of nitrogen functional groups attached to an aromatic ring is 1. The molecule has 41 heavy (non-hydrogen) atoms. The van der Waals surface area contributed by atoms with E-state index in [9.17, 15) is 26.4 Å². The maximum atomic E-state index is 13.3. The van der Waals surface area contributed by atoms with Gasteiger partial charge in [0.2, 0.25) is 15.9 Å². The van der Waals surface area contributed by atoms with Gasteiger partial charge in [0.25, 0.3) is 0 Å². The van der Waals surface area contributed by atoms with Crippen LogP contribution in [0.5, 0.6) is 0 Å². The predicted octanol–water partition coefficient (Wildman–Crippen LogP) is 3.92. The highest BCUT2D eigenvalue weighted by atomic mass is 32.2. The lowest BCUT2D eigenvalue weighted by atomic mass is 10.1. The average molecular weight is 586 g/mol. The van der Waals surface area contributed by atoms with Crippen LogP contribution in [0.4, 0.5) is 19.0 Å². The number of sulfonamides is 1. The van der Waals surface area contributed by atoms with Crippen LogP contribution in [0.15, 0.2) is 72.4 Å². The minimum absolute atomic E-state index is 0.147. The number of fused-ring (bicyclic) bond motifs is 1. The van der Waals surface area contributed by atoms with Crippen LogP contribution in [0.3, 0.4) is 0 Å². The summed E-state index contributed by atoms with van der Waals surface area (Å²) in [6, 6.07) is 10.6. The van der Waals surface area contributed by atoms with E-state index in [4.69, 9.17) is 10.8 Å². The molecular formula is C27H26F3N7O3S. The molecule has 0 bridgehead atoms. The lowest BCUT2D eigenvalue weighted by molar-refractivity contribution is -0.139. The van der Waals surface area contributed by atoms with Gasteiger partial charge in [0, 0.05) is 25.2 Å². The van der Waals surface area contributed by atoms with Crippen molar-refractivity contribution in [3.8, 4) is 11.3 Å². The number of hydrogen-bond acceptors (Lipinski definition) is 7. The van der Waals surface area contributed by atoms with Crippen molar-refractivity contribution in [2.24, 2.45) is 0 Å². The van der Waals surface area contributed by atoms with Gasteiger partial charge >= 0.3 is 6.18 Å². The molecule has 14 heteroatoms. The quantitative estimate of drug-likeness (QED) is 0.314. The van der Waals surface area contributed by atoms with Gasteiger partial charge in [-0.25, -0.2) is 27.8 Å². The highest BCUT2D eigenvalue weighted by Gasteiger charge is 2.36. The monoisotopic (exact) mass is 585 g/mol. The van der Waals surface area contributed by atoms with Crippen molar-refractivity contribution in [2.75, 3.05) is 18.8 Å². The molecule has 10 nitrogen and oxygen atoms in total.